The summed E-state index contributed by atoms with van der Waals surface area (Å²) in [6, 6.07) is -0.0208. The van der Waals surface area contributed by atoms with Gasteiger partial charge in [0.05, 0.1) is 6.54 Å². The molecule has 0 saturated heterocycles. The summed E-state index contributed by atoms with van der Waals surface area (Å²) in [5, 5.41) is 2.76. The average molecular weight is 247 g/mol. The highest BCUT2D eigenvalue weighted by molar-refractivity contribution is 9.11. The molecule has 0 heterocycles. The van der Waals surface area contributed by atoms with Crippen LogP contribution in [0.2, 0.25) is 0 Å². The van der Waals surface area contributed by atoms with Gasteiger partial charge >= 0.3 is 6.03 Å². The SMILES string of the molecule is C=C(Br)CNC(=O)N(C)CC1CC1. The summed E-state index contributed by atoms with van der Waals surface area (Å²) < 4.78 is 0.792. The van der Waals surface area contributed by atoms with Crippen LogP contribution in [-0.2, 0) is 0 Å². The van der Waals surface area contributed by atoms with E-state index in [4.69, 9.17) is 0 Å². The van der Waals surface area contributed by atoms with E-state index in [1.54, 1.807) is 4.90 Å². The van der Waals surface area contributed by atoms with E-state index in [-0.39, 0.29) is 6.03 Å². The normalized spacial score (nSPS) is 15.2. The van der Waals surface area contributed by atoms with Gasteiger partial charge in [0, 0.05) is 18.1 Å². The molecular weight excluding hydrogens is 232 g/mol. The highest BCUT2D eigenvalue weighted by atomic mass is 79.9. The Morgan fingerprint density at radius 2 is 2.31 bits per heavy atom. The minimum absolute atomic E-state index is 0.0208. The van der Waals surface area contributed by atoms with Gasteiger partial charge in [-0.2, -0.15) is 0 Å². The van der Waals surface area contributed by atoms with Crippen molar-refractivity contribution in [1.29, 1.82) is 0 Å². The molecule has 0 spiro atoms. The first kappa shape index (κ1) is 10.6. The minimum Gasteiger partial charge on any atom is -0.333 e. The first-order valence-corrected chi connectivity index (χ1v) is 5.21. The second-order valence-electron chi connectivity index (χ2n) is 3.50. The van der Waals surface area contributed by atoms with Crippen LogP contribution in [0.3, 0.4) is 0 Å². The van der Waals surface area contributed by atoms with E-state index >= 15 is 0 Å². The van der Waals surface area contributed by atoms with Gasteiger partial charge in [-0.3, -0.25) is 0 Å². The van der Waals surface area contributed by atoms with E-state index in [1.807, 2.05) is 7.05 Å². The van der Waals surface area contributed by atoms with Crippen LogP contribution in [0.25, 0.3) is 0 Å². The van der Waals surface area contributed by atoms with Crippen molar-refractivity contribution in [2.75, 3.05) is 20.1 Å². The third kappa shape index (κ3) is 4.31. The average Bonchev–Trinajstić information content (AvgIpc) is 2.83. The van der Waals surface area contributed by atoms with Gasteiger partial charge < -0.3 is 10.2 Å². The zero-order valence-electron chi connectivity index (χ0n) is 7.85. The summed E-state index contributed by atoms with van der Waals surface area (Å²) in [4.78, 5) is 13.1. The van der Waals surface area contributed by atoms with Crippen LogP contribution in [0.15, 0.2) is 11.1 Å². The molecule has 0 atom stereocenters. The number of hydrogen-bond donors (Lipinski definition) is 1. The Bertz CT molecular complexity index is 214. The van der Waals surface area contributed by atoms with Crippen LogP contribution in [0.1, 0.15) is 12.8 Å². The number of nitrogens with one attached hydrogen (secondary N) is 1. The van der Waals surface area contributed by atoms with Crippen molar-refractivity contribution in [1.82, 2.24) is 10.2 Å². The molecule has 1 aliphatic carbocycles. The monoisotopic (exact) mass is 246 g/mol. The lowest BCUT2D eigenvalue weighted by Gasteiger charge is -2.17. The number of nitrogens with zero attached hydrogens (tertiary/aromatic N) is 1. The van der Waals surface area contributed by atoms with E-state index < -0.39 is 0 Å². The molecule has 4 heteroatoms. The lowest BCUT2D eigenvalue weighted by molar-refractivity contribution is 0.208. The maximum absolute atomic E-state index is 11.4. The van der Waals surface area contributed by atoms with Crippen molar-refractivity contribution in [3.8, 4) is 0 Å². The van der Waals surface area contributed by atoms with Crippen LogP contribution in [0.5, 0.6) is 0 Å². The third-order valence-corrected chi connectivity index (χ3v) is 2.29. The summed E-state index contributed by atoms with van der Waals surface area (Å²) in [5.74, 6) is 0.739. The predicted octanol–water partition coefficient (Wildman–Crippen LogP) is 1.95. The van der Waals surface area contributed by atoms with E-state index in [9.17, 15) is 4.79 Å². The number of amides is 2. The van der Waals surface area contributed by atoms with Crippen molar-refractivity contribution in [3.05, 3.63) is 11.1 Å². The fraction of sp³-hybridized carbons (Fsp3) is 0.667. The van der Waals surface area contributed by atoms with Crippen LogP contribution < -0.4 is 5.32 Å². The molecule has 1 N–H and O–H groups in total. The van der Waals surface area contributed by atoms with Gasteiger partial charge in [-0.15, -0.1) is 0 Å². The van der Waals surface area contributed by atoms with E-state index in [1.165, 1.54) is 12.8 Å². The summed E-state index contributed by atoms with van der Waals surface area (Å²) >= 11 is 3.19. The quantitative estimate of drug-likeness (QED) is 0.809. The summed E-state index contributed by atoms with van der Waals surface area (Å²) in [7, 11) is 1.82. The highest BCUT2D eigenvalue weighted by Gasteiger charge is 2.24. The van der Waals surface area contributed by atoms with Gasteiger partial charge in [-0.05, 0) is 18.8 Å². The molecule has 13 heavy (non-hydrogen) atoms. The minimum atomic E-state index is -0.0208. The lowest BCUT2D eigenvalue weighted by Crippen LogP contribution is -2.38. The number of carbonyl (C=O) groups excluding carboxylic acids is 1. The Hall–Kier alpha value is -0.510. The number of halogens is 1. The standard InChI is InChI=1S/C9H15BrN2O/c1-7(10)5-11-9(13)12(2)6-8-3-4-8/h8H,1,3-6H2,2H3,(H,11,13). The molecule has 3 nitrogen and oxygen atoms in total. The molecule has 1 saturated carbocycles. The number of carbonyl (C=O) groups is 1. The third-order valence-electron chi connectivity index (χ3n) is 2.01. The zero-order chi connectivity index (χ0) is 9.84. The van der Waals surface area contributed by atoms with Gasteiger partial charge in [-0.1, -0.05) is 22.5 Å². The molecule has 0 aromatic rings. The lowest BCUT2D eigenvalue weighted by atomic mass is 10.4. The van der Waals surface area contributed by atoms with Crippen LogP contribution >= 0.6 is 15.9 Å². The Morgan fingerprint density at radius 1 is 1.69 bits per heavy atom. The molecule has 1 fully saturated rings. The van der Waals surface area contributed by atoms with Gasteiger partial charge in [0.25, 0.3) is 0 Å². The molecule has 0 aromatic carbocycles. The van der Waals surface area contributed by atoms with Gasteiger partial charge in [-0.25, -0.2) is 4.79 Å². The van der Waals surface area contributed by atoms with Crippen LogP contribution in [0.4, 0.5) is 4.79 Å². The van der Waals surface area contributed by atoms with Gasteiger partial charge in [0.15, 0.2) is 0 Å². The fourth-order valence-electron chi connectivity index (χ4n) is 1.08. The molecule has 0 radical (unpaired) electrons. The first-order valence-electron chi connectivity index (χ1n) is 4.42. The maximum atomic E-state index is 11.4. The molecule has 0 unspecified atom stereocenters. The van der Waals surface area contributed by atoms with Crippen molar-refractivity contribution < 1.29 is 4.79 Å². The molecule has 0 aliphatic heterocycles. The van der Waals surface area contributed by atoms with Crippen LogP contribution in [0, 0.1) is 5.92 Å². The Balaban J connectivity index is 2.16. The Labute approximate surface area is 87.3 Å². The molecule has 1 aliphatic rings. The van der Waals surface area contributed by atoms with Crippen molar-refractivity contribution in [2.45, 2.75) is 12.8 Å². The Morgan fingerprint density at radius 3 is 2.77 bits per heavy atom. The topological polar surface area (TPSA) is 32.3 Å². The maximum Gasteiger partial charge on any atom is 0.317 e. The second kappa shape index (κ2) is 4.65. The summed E-state index contributed by atoms with van der Waals surface area (Å²) in [5.41, 5.74) is 0. The number of hydrogen-bond acceptors (Lipinski definition) is 1. The predicted molar refractivity (Wildman–Crippen MR) is 56.8 cm³/mol. The van der Waals surface area contributed by atoms with Crippen molar-refractivity contribution in [3.63, 3.8) is 0 Å². The molecule has 0 aromatic heterocycles. The van der Waals surface area contributed by atoms with Crippen molar-refractivity contribution in [2.24, 2.45) is 5.92 Å². The highest BCUT2D eigenvalue weighted by Crippen LogP contribution is 2.29. The van der Waals surface area contributed by atoms with Gasteiger partial charge in [0.2, 0.25) is 0 Å². The zero-order valence-corrected chi connectivity index (χ0v) is 9.43. The molecule has 74 valence electrons. The second-order valence-corrected chi connectivity index (χ2v) is 4.62. The largest absolute Gasteiger partial charge is 0.333 e. The van der Waals surface area contributed by atoms with E-state index in [0.29, 0.717) is 6.54 Å². The fourth-order valence-corrected chi connectivity index (χ4v) is 1.22. The van der Waals surface area contributed by atoms with Crippen LogP contribution in [-0.4, -0.2) is 31.1 Å². The van der Waals surface area contributed by atoms with Gasteiger partial charge in [0.1, 0.15) is 0 Å². The summed E-state index contributed by atoms with van der Waals surface area (Å²) in [6.45, 7) is 5.01. The number of urea groups is 1. The van der Waals surface area contributed by atoms with E-state index in [0.717, 1.165) is 16.9 Å². The van der Waals surface area contributed by atoms with Crippen molar-refractivity contribution >= 4 is 22.0 Å². The Kier molecular flexibility index (Phi) is 3.78. The molecular formula is C9H15BrN2O. The summed E-state index contributed by atoms with van der Waals surface area (Å²) in [6.07, 6.45) is 2.53. The first-order chi connectivity index (χ1) is 6.09. The molecule has 1 rings (SSSR count). The molecule has 0 bridgehead atoms. The smallest absolute Gasteiger partial charge is 0.317 e. The number of rotatable bonds is 4. The van der Waals surface area contributed by atoms with E-state index in [2.05, 4.69) is 27.8 Å². The molecule has 2 amide bonds.